The zero-order valence-corrected chi connectivity index (χ0v) is 16.4. The summed E-state index contributed by atoms with van der Waals surface area (Å²) in [5, 5.41) is 5.48. The van der Waals surface area contributed by atoms with Crippen LogP contribution in [0.25, 0.3) is 0 Å². The number of aryl methyl sites for hydroxylation is 1. The van der Waals surface area contributed by atoms with E-state index >= 15 is 0 Å². The number of thioether (sulfide) groups is 1. The molecule has 0 aliphatic carbocycles. The van der Waals surface area contributed by atoms with E-state index < -0.39 is 0 Å². The maximum absolute atomic E-state index is 12.4. The molecule has 2 amide bonds. The summed E-state index contributed by atoms with van der Waals surface area (Å²) in [7, 11) is 0. The topological polar surface area (TPSA) is 58.2 Å². The van der Waals surface area contributed by atoms with Gasteiger partial charge in [0, 0.05) is 23.2 Å². The first kappa shape index (κ1) is 20.0. The molecule has 2 aromatic rings. The molecular weight excluding hydrogens is 344 g/mol. The molecule has 0 bridgehead atoms. The first-order valence-corrected chi connectivity index (χ1v) is 9.80. The van der Waals surface area contributed by atoms with Crippen LogP contribution in [0.5, 0.6) is 0 Å². The number of unbranched alkanes of at least 4 members (excludes halogenated alkanes) is 1. The van der Waals surface area contributed by atoms with Gasteiger partial charge in [-0.15, -0.1) is 11.8 Å². The van der Waals surface area contributed by atoms with E-state index in [9.17, 15) is 9.59 Å². The van der Waals surface area contributed by atoms with Crippen molar-refractivity contribution in [2.24, 2.45) is 0 Å². The Morgan fingerprint density at radius 2 is 1.54 bits per heavy atom. The molecular formula is C21H26N2O2S. The van der Waals surface area contributed by atoms with Crippen LogP contribution < -0.4 is 10.6 Å². The number of hydrogen-bond donors (Lipinski definition) is 2. The second-order valence-electron chi connectivity index (χ2n) is 6.26. The highest BCUT2D eigenvalue weighted by Crippen LogP contribution is 2.25. The van der Waals surface area contributed by atoms with Crippen molar-refractivity contribution in [3.8, 4) is 0 Å². The molecule has 26 heavy (non-hydrogen) atoms. The van der Waals surface area contributed by atoms with E-state index in [1.807, 2.05) is 43.3 Å². The third-order valence-corrected chi connectivity index (χ3v) is 5.01. The Bertz CT molecular complexity index is 727. The Morgan fingerprint density at radius 3 is 2.12 bits per heavy atom. The highest BCUT2D eigenvalue weighted by molar-refractivity contribution is 8.00. The number of hydrogen-bond acceptors (Lipinski definition) is 3. The SMILES string of the molecule is CCCCc1ccc(NC(=O)C(C)Sc2ccc(NC(C)=O)cc2)cc1. The summed E-state index contributed by atoms with van der Waals surface area (Å²) in [4.78, 5) is 24.4. The summed E-state index contributed by atoms with van der Waals surface area (Å²) in [6.07, 6.45) is 3.44. The number of benzene rings is 2. The smallest absolute Gasteiger partial charge is 0.237 e. The van der Waals surface area contributed by atoms with E-state index in [2.05, 4.69) is 29.7 Å². The minimum Gasteiger partial charge on any atom is -0.326 e. The fraction of sp³-hybridized carbons (Fsp3) is 0.333. The minimum absolute atomic E-state index is 0.0257. The van der Waals surface area contributed by atoms with Crippen molar-refractivity contribution < 1.29 is 9.59 Å². The molecule has 0 heterocycles. The molecule has 0 radical (unpaired) electrons. The highest BCUT2D eigenvalue weighted by atomic mass is 32.2. The average molecular weight is 371 g/mol. The second kappa shape index (κ2) is 10.0. The van der Waals surface area contributed by atoms with Crippen molar-refractivity contribution in [2.45, 2.75) is 50.2 Å². The van der Waals surface area contributed by atoms with Gasteiger partial charge in [-0.25, -0.2) is 0 Å². The van der Waals surface area contributed by atoms with Crippen LogP contribution in [-0.2, 0) is 16.0 Å². The number of amides is 2. The normalized spacial score (nSPS) is 11.7. The lowest BCUT2D eigenvalue weighted by Crippen LogP contribution is -2.22. The zero-order valence-electron chi connectivity index (χ0n) is 15.5. The van der Waals surface area contributed by atoms with Crippen LogP contribution in [-0.4, -0.2) is 17.1 Å². The second-order valence-corrected chi connectivity index (χ2v) is 7.67. The van der Waals surface area contributed by atoms with Gasteiger partial charge in [-0.2, -0.15) is 0 Å². The maximum Gasteiger partial charge on any atom is 0.237 e. The molecule has 0 aromatic heterocycles. The van der Waals surface area contributed by atoms with E-state index in [4.69, 9.17) is 0 Å². The van der Waals surface area contributed by atoms with E-state index in [0.29, 0.717) is 0 Å². The van der Waals surface area contributed by atoms with Gasteiger partial charge in [0.15, 0.2) is 0 Å². The average Bonchev–Trinajstić information content (AvgIpc) is 2.62. The molecule has 0 fully saturated rings. The first-order chi connectivity index (χ1) is 12.5. The van der Waals surface area contributed by atoms with E-state index in [1.165, 1.54) is 37.1 Å². The number of carbonyl (C=O) groups is 2. The standard InChI is InChI=1S/C21H26N2O2S/c1-4-5-6-17-7-9-19(10-8-17)23-21(25)15(2)26-20-13-11-18(12-14-20)22-16(3)24/h7-15H,4-6H2,1-3H3,(H,22,24)(H,23,25). The predicted octanol–water partition coefficient (Wildman–Crippen LogP) is 5.11. The van der Waals surface area contributed by atoms with Crippen molar-refractivity contribution in [1.82, 2.24) is 0 Å². The quantitative estimate of drug-likeness (QED) is 0.635. The summed E-state index contributed by atoms with van der Waals surface area (Å²) in [6, 6.07) is 15.6. The summed E-state index contributed by atoms with van der Waals surface area (Å²) in [5.41, 5.74) is 2.87. The molecule has 1 unspecified atom stereocenters. The van der Waals surface area contributed by atoms with Crippen LogP contribution in [0.15, 0.2) is 53.4 Å². The van der Waals surface area contributed by atoms with Gasteiger partial charge in [0.2, 0.25) is 11.8 Å². The van der Waals surface area contributed by atoms with Crippen molar-refractivity contribution in [3.63, 3.8) is 0 Å². The highest BCUT2D eigenvalue weighted by Gasteiger charge is 2.14. The van der Waals surface area contributed by atoms with E-state index in [-0.39, 0.29) is 17.1 Å². The number of carbonyl (C=O) groups excluding carboxylic acids is 2. The molecule has 0 aliphatic heterocycles. The number of anilines is 2. The molecule has 2 N–H and O–H groups in total. The fourth-order valence-electron chi connectivity index (χ4n) is 2.46. The lowest BCUT2D eigenvalue weighted by atomic mass is 10.1. The molecule has 4 nitrogen and oxygen atoms in total. The molecule has 1 atom stereocenters. The first-order valence-electron chi connectivity index (χ1n) is 8.92. The Labute approximate surface area is 159 Å². The predicted molar refractivity (Wildman–Crippen MR) is 110 cm³/mol. The van der Waals surface area contributed by atoms with Crippen molar-refractivity contribution in [3.05, 3.63) is 54.1 Å². The molecule has 0 saturated carbocycles. The van der Waals surface area contributed by atoms with Gasteiger partial charge in [0.05, 0.1) is 5.25 Å². The van der Waals surface area contributed by atoms with E-state index in [0.717, 1.165) is 22.7 Å². The van der Waals surface area contributed by atoms with Crippen LogP contribution in [0.3, 0.4) is 0 Å². The molecule has 0 aliphatic rings. The summed E-state index contributed by atoms with van der Waals surface area (Å²) in [5.74, 6) is -0.124. The van der Waals surface area contributed by atoms with Gasteiger partial charge in [0.1, 0.15) is 0 Å². The summed E-state index contributed by atoms with van der Waals surface area (Å²) < 4.78 is 0. The fourth-order valence-corrected chi connectivity index (χ4v) is 3.32. The largest absolute Gasteiger partial charge is 0.326 e. The van der Waals surface area contributed by atoms with Crippen LogP contribution in [0.4, 0.5) is 11.4 Å². The van der Waals surface area contributed by atoms with Crippen molar-refractivity contribution in [1.29, 1.82) is 0 Å². The number of rotatable bonds is 8. The third-order valence-electron chi connectivity index (χ3n) is 3.90. The van der Waals surface area contributed by atoms with Crippen LogP contribution >= 0.6 is 11.8 Å². The van der Waals surface area contributed by atoms with Gasteiger partial charge in [-0.3, -0.25) is 9.59 Å². The van der Waals surface area contributed by atoms with Gasteiger partial charge in [-0.1, -0.05) is 25.5 Å². The molecule has 0 saturated heterocycles. The molecule has 2 aromatic carbocycles. The lowest BCUT2D eigenvalue weighted by Gasteiger charge is -2.13. The van der Waals surface area contributed by atoms with E-state index in [1.54, 1.807) is 0 Å². The third kappa shape index (κ3) is 6.56. The zero-order chi connectivity index (χ0) is 18.9. The Balaban J connectivity index is 1.87. The molecule has 138 valence electrons. The monoisotopic (exact) mass is 370 g/mol. The van der Waals surface area contributed by atoms with Crippen LogP contribution in [0.1, 0.15) is 39.2 Å². The summed E-state index contributed by atoms with van der Waals surface area (Å²) in [6.45, 7) is 5.55. The van der Waals surface area contributed by atoms with Gasteiger partial charge >= 0.3 is 0 Å². The van der Waals surface area contributed by atoms with Gasteiger partial charge in [-0.05, 0) is 61.7 Å². The maximum atomic E-state index is 12.4. The Hall–Kier alpha value is -2.27. The van der Waals surface area contributed by atoms with Crippen LogP contribution in [0, 0.1) is 0 Å². The van der Waals surface area contributed by atoms with Crippen molar-refractivity contribution >= 4 is 35.0 Å². The minimum atomic E-state index is -0.221. The Kier molecular flexibility index (Phi) is 7.73. The Morgan fingerprint density at radius 1 is 0.962 bits per heavy atom. The summed E-state index contributed by atoms with van der Waals surface area (Å²) >= 11 is 1.49. The van der Waals surface area contributed by atoms with Gasteiger partial charge in [0.25, 0.3) is 0 Å². The number of nitrogens with one attached hydrogen (secondary N) is 2. The lowest BCUT2D eigenvalue weighted by molar-refractivity contribution is -0.115. The molecule has 0 spiro atoms. The van der Waals surface area contributed by atoms with Crippen molar-refractivity contribution in [2.75, 3.05) is 10.6 Å². The molecule has 2 rings (SSSR count). The van der Waals surface area contributed by atoms with Crippen LogP contribution in [0.2, 0.25) is 0 Å². The molecule has 5 heteroatoms. The van der Waals surface area contributed by atoms with Gasteiger partial charge < -0.3 is 10.6 Å².